The zero-order valence-electron chi connectivity index (χ0n) is 34.8. The number of nitrogens with zero attached hydrogens (tertiary/aromatic N) is 2. The van der Waals surface area contributed by atoms with Crippen LogP contribution in [0.15, 0.2) is 188 Å². The molecular weight excluding hydrogens is 756 g/mol. The monoisotopic (exact) mass is 798 g/mol. The van der Waals surface area contributed by atoms with E-state index in [1.165, 1.54) is 115 Å². The molecule has 0 amide bonds. The van der Waals surface area contributed by atoms with Gasteiger partial charge in [-0.15, -0.1) is 11.3 Å². The maximum absolute atomic E-state index is 2.65. The van der Waals surface area contributed by atoms with Crippen LogP contribution in [0, 0.1) is 6.92 Å². The van der Waals surface area contributed by atoms with Gasteiger partial charge in [0.2, 0.25) is 0 Å². The van der Waals surface area contributed by atoms with Crippen LogP contribution >= 0.6 is 11.3 Å². The van der Waals surface area contributed by atoms with Crippen molar-refractivity contribution in [3.8, 4) is 33.4 Å². The fourth-order valence-corrected chi connectivity index (χ4v) is 11.1. The zero-order chi connectivity index (χ0) is 41.0. The van der Waals surface area contributed by atoms with Crippen LogP contribution in [-0.2, 0) is 5.41 Å². The number of anilines is 5. The van der Waals surface area contributed by atoms with Gasteiger partial charge in [-0.2, -0.15) is 0 Å². The van der Waals surface area contributed by atoms with Gasteiger partial charge < -0.3 is 9.71 Å². The molecule has 12 rings (SSSR count). The van der Waals surface area contributed by atoms with Gasteiger partial charge in [0.15, 0.2) is 0 Å². The summed E-state index contributed by atoms with van der Waals surface area (Å²) in [6.45, 7) is 9.12. The molecule has 10 aromatic rings. The van der Waals surface area contributed by atoms with Crippen molar-refractivity contribution in [3.05, 3.63) is 199 Å². The first kappa shape index (κ1) is 36.0. The highest BCUT2D eigenvalue weighted by atomic mass is 32.1. The molecule has 0 fully saturated rings. The summed E-state index contributed by atoms with van der Waals surface area (Å²) in [5, 5.41) is 5.11. The summed E-state index contributed by atoms with van der Waals surface area (Å²) in [5.41, 5.74) is 18.7. The SMILES string of the molecule is Cc1cc(C(C)(C)C)ccc1N1c2cc3sc4ccccc4c3cc2B2c3c(cc(-c4ccccc4)cc31)-c1cc3ccccc3cc1N2c1ccc(-c2ccccc2)cc1. The molecule has 9 aromatic carbocycles. The number of rotatable bonds is 4. The van der Waals surface area contributed by atoms with E-state index >= 15 is 0 Å². The molecule has 0 aliphatic carbocycles. The number of benzene rings is 9. The van der Waals surface area contributed by atoms with E-state index in [-0.39, 0.29) is 12.3 Å². The third kappa shape index (κ3) is 5.70. The predicted octanol–water partition coefficient (Wildman–Crippen LogP) is 14.9. The molecular formula is C57H43BN2S. The summed E-state index contributed by atoms with van der Waals surface area (Å²) in [7, 11) is 0. The second kappa shape index (κ2) is 13.6. The highest BCUT2D eigenvalue weighted by Crippen LogP contribution is 2.51. The Morgan fingerprint density at radius 3 is 1.84 bits per heavy atom. The molecule has 61 heavy (non-hydrogen) atoms. The van der Waals surface area contributed by atoms with Gasteiger partial charge in [0.05, 0.1) is 0 Å². The number of hydrogen-bond acceptors (Lipinski definition) is 3. The van der Waals surface area contributed by atoms with Crippen molar-refractivity contribution in [1.82, 2.24) is 0 Å². The highest BCUT2D eigenvalue weighted by Gasteiger charge is 2.46. The molecule has 3 heterocycles. The summed E-state index contributed by atoms with van der Waals surface area (Å²) >= 11 is 1.90. The van der Waals surface area contributed by atoms with Crippen molar-refractivity contribution in [2.45, 2.75) is 33.1 Å². The third-order valence-electron chi connectivity index (χ3n) is 13.1. The molecule has 0 N–H and O–H groups in total. The predicted molar refractivity (Wildman–Crippen MR) is 265 cm³/mol. The Kier molecular flexibility index (Phi) is 8.01. The first-order valence-electron chi connectivity index (χ1n) is 21.4. The molecule has 2 nitrogen and oxygen atoms in total. The minimum Gasteiger partial charge on any atom is -0.376 e. The first-order valence-corrected chi connectivity index (χ1v) is 22.2. The van der Waals surface area contributed by atoms with E-state index < -0.39 is 0 Å². The van der Waals surface area contributed by atoms with Crippen LogP contribution in [0.5, 0.6) is 0 Å². The Balaban J connectivity index is 1.21. The van der Waals surface area contributed by atoms with Gasteiger partial charge in [0, 0.05) is 54.2 Å². The highest BCUT2D eigenvalue weighted by molar-refractivity contribution is 7.26. The van der Waals surface area contributed by atoms with E-state index in [9.17, 15) is 0 Å². The van der Waals surface area contributed by atoms with Crippen LogP contribution in [0.3, 0.4) is 0 Å². The molecule has 0 radical (unpaired) electrons. The van der Waals surface area contributed by atoms with Crippen LogP contribution in [0.1, 0.15) is 31.9 Å². The standard InChI is InChI=1S/C57H43BN2S/c1-36-29-43(57(2,3)4)25-28-50(36)59-52-35-55-47(45-21-13-14-22-54(45)61-55)34-49(52)58-56-48(31-42(33-53(56)59)38-17-9-6-10-18-38)46-30-40-19-11-12-20-41(40)32-51(46)60(58)44-26-23-39(24-27-44)37-15-7-5-8-16-37/h5-35H,1-4H3. The topological polar surface area (TPSA) is 6.48 Å². The van der Waals surface area contributed by atoms with E-state index in [1.54, 1.807) is 0 Å². The largest absolute Gasteiger partial charge is 0.376 e. The first-order chi connectivity index (χ1) is 29.8. The fourth-order valence-electron chi connectivity index (χ4n) is 10.0. The maximum Gasteiger partial charge on any atom is 0.333 e. The summed E-state index contributed by atoms with van der Waals surface area (Å²) in [4.78, 5) is 5.25. The van der Waals surface area contributed by atoms with Crippen LogP contribution in [0.2, 0.25) is 0 Å². The van der Waals surface area contributed by atoms with Crippen LogP contribution in [-0.4, -0.2) is 6.85 Å². The van der Waals surface area contributed by atoms with Gasteiger partial charge in [-0.05, 0) is 128 Å². The minimum absolute atomic E-state index is 0.0346. The number of thiophene rings is 1. The van der Waals surface area contributed by atoms with Gasteiger partial charge in [-0.25, -0.2) is 0 Å². The van der Waals surface area contributed by atoms with Gasteiger partial charge in [-0.1, -0.05) is 154 Å². The summed E-state index contributed by atoms with van der Waals surface area (Å²) < 4.78 is 2.62. The average molecular weight is 799 g/mol. The van der Waals surface area contributed by atoms with Crippen molar-refractivity contribution in [1.29, 1.82) is 0 Å². The van der Waals surface area contributed by atoms with Crippen molar-refractivity contribution in [2.75, 3.05) is 9.71 Å². The van der Waals surface area contributed by atoms with E-state index in [4.69, 9.17) is 0 Å². The molecule has 0 unspecified atom stereocenters. The molecule has 2 aliphatic heterocycles. The Hall–Kier alpha value is -6.88. The van der Waals surface area contributed by atoms with E-state index in [0.717, 1.165) is 0 Å². The third-order valence-corrected chi connectivity index (χ3v) is 14.2. The molecule has 1 aromatic heterocycles. The number of fused-ring (bicyclic) bond motifs is 8. The van der Waals surface area contributed by atoms with Crippen molar-refractivity contribution in [2.24, 2.45) is 0 Å². The second-order valence-corrected chi connectivity index (χ2v) is 18.9. The molecule has 0 atom stereocenters. The van der Waals surface area contributed by atoms with E-state index in [0.29, 0.717) is 0 Å². The minimum atomic E-state index is -0.102. The molecule has 0 saturated carbocycles. The Morgan fingerprint density at radius 2 is 1.11 bits per heavy atom. The quantitative estimate of drug-likeness (QED) is 0.164. The Morgan fingerprint density at radius 1 is 0.459 bits per heavy atom. The van der Waals surface area contributed by atoms with Gasteiger partial charge in [-0.3, -0.25) is 0 Å². The Bertz CT molecular complexity index is 3360. The molecule has 0 bridgehead atoms. The van der Waals surface area contributed by atoms with Crippen LogP contribution in [0.4, 0.5) is 28.4 Å². The van der Waals surface area contributed by atoms with Gasteiger partial charge in [0.25, 0.3) is 0 Å². The van der Waals surface area contributed by atoms with E-state index in [1.807, 2.05) is 11.3 Å². The van der Waals surface area contributed by atoms with Crippen molar-refractivity contribution < 1.29 is 0 Å². The number of aryl methyl sites for hydroxylation is 1. The lowest BCUT2D eigenvalue weighted by Crippen LogP contribution is -2.61. The lowest BCUT2D eigenvalue weighted by Gasteiger charge is -2.46. The number of hydrogen-bond donors (Lipinski definition) is 0. The second-order valence-electron chi connectivity index (χ2n) is 17.8. The maximum atomic E-state index is 2.65. The molecule has 290 valence electrons. The molecule has 2 aliphatic rings. The smallest absolute Gasteiger partial charge is 0.333 e. The van der Waals surface area contributed by atoms with Gasteiger partial charge >= 0.3 is 6.85 Å². The molecule has 0 saturated heterocycles. The van der Waals surface area contributed by atoms with Crippen LogP contribution < -0.4 is 20.6 Å². The van der Waals surface area contributed by atoms with Crippen molar-refractivity contribution >= 4 is 88.5 Å². The lowest BCUT2D eigenvalue weighted by molar-refractivity contribution is 0.590. The summed E-state index contributed by atoms with van der Waals surface area (Å²) in [6.07, 6.45) is 0. The van der Waals surface area contributed by atoms with E-state index in [2.05, 4.69) is 225 Å². The summed E-state index contributed by atoms with van der Waals surface area (Å²) in [6, 6.07) is 70.7. The van der Waals surface area contributed by atoms with Gasteiger partial charge in [0.1, 0.15) is 0 Å². The molecule has 0 spiro atoms. The molecule has 4 heteroatoms. The Labute approximate surface area is 362 Å². The van der Waals surface area contributed by atoms with Crippen LogP contribution in [0.25, 0.3) is 64.3 Å². The lowest BCUT2D eigenvalue weighted by atomic mass is 9.43. The normalized spacial score (nSPS) is 13.1. The fraction of sp³-hybridized carbons (Fsp3) is 0.0877. The average Bonchev–Trinajstić information content (AvgIpc) is 3.66. The van der Waals surface area contributed by atoms with Crippen molar-refractivity contribution in [3.63, 3.8) is 0 Å². The zero-order valence-corrected chi connectivity index (χ0v) is 35.6. The summed E-state index contributed by atoms with van der Waals surface area (Å²) in [5.74, 6) is 0.